The van der Waals surface area contributed by atoms with E-state index in [0.29, 0.717) is 12.0 Å². The second kappa shape index (κ2) is 7.09. The number of benzene rings is 1. The average molecular weight is 349 g/mol. The quantitative estimate of drug-likeness (QED) is 0.881. The van der Waals surface area contributed by atoms with Gasteiger partial charge >= 0.3 is 6.18 Å². The van der Waals surface area contributed by atoms with Gasteiger partial charge in [-0.2, -0.15) is 13.2 Å². The summed E-state index contributed by atoms with van der Waals surface area (Å²) < 4.78 is 38.2. The molecule has 0 aromatic heterocycles. The van der Waals surface area contributed by atoms with E-state index in [0.717, 1.165) is 32.0 Å². The van der Waals surface area contributed by atoms with Crippen LogP contribution in [0.25, 0.3) is 0 Å². The van der Waals surface area contributed by atoms with Gasteiger partial charge in [0.05, 0.1) is 5.56 Å². The zero-order chi connectivity index (χ0) is 15.7. The fourth-order valence-electron chi connectivity index (χ4n) is 3.08. The molecule has 0 spiro atoms. The summed E-state index contributed by atoms with van der Waals surface area (Å²) in [5.74, 6) is -0.305. The normalized spacial score (nSPS) is 27.0. The smallest absolute Gasteiger partial charge is 0.352 e. The van der Waals surface area contributed by atoms with Crippen molar-refractivity contribution < 1.29 is 18.0 Å². The van der Waals surface area contributed by atoms with E-state index in [2.05, 4.69) is 10.6 Å². The maximum Gasteiger partial charge on any atom is 0.416 e. The van der Waals surface area contributed by atoms with Gasteiger partial charge in [0.15, 0.2) is 0 Å². The molecule has 0 bridgehead atoms. The molecule has 1 aliphatic heterocycles. The van der Waals surface area contributed by atoms with Crippen LogP contribution in [0.2, 0.25) is 0 Å². The van der Waals surface area contributed by atoms with Gasteiger partial charge < -0.3 is 10.6 Å². The fourth-order valence-corrected chi connectivity index (χ4v) is 3.08. The third kappa shape index (κ3) is 4.38. The maximum atomic E-state index is 12.7. The molecule has 2 aliphatic rings. The predicted molar refractivity (Wildman–Crippen MR) is 83.6 cm³/mol. The van der Waals surface area contributed by atoms with Gasteiger partial charge in [-0.05, 0) is 43.4 Å². The van der Waals surface area contributed by atoms with Crippen molar-refractivity contribution in [2.75, 3.05) is 13.1 Å². The Kier molecular flexibility index (Phi) is 5.57. The van der Waals surface area contributed by atoms with Crippen molar-refractivity contribution >= 4 is 18.3 Å². The van der Waals surface area contributed by atoms with E-state index >= 15 is 0 Å². The van der Waals surface area contributed by atoms with Crippen molar-refractivity contribution in [1.29, 1.82) is 0 Å². The first-order valence-electron chi connectivity index (χ1n) is 7.63. The number of nitrogens with one attached hydrogen (secondary N) is 2. The highest BCUT2D eigenvalue weighted by atomic mass is 35.5. The van der Waals surface area contributed by atoms with Crippen molar-refractivity contribution in [2.45, 2.75) is 37.4 Å². The van der Waals surface area contributed by atoms with E-state index in [9.17, 15) is 18.0 Å². The Labute approximate surface area is 139 Å². The lowest BCUT2D eigenvalue weighted by Crippen LogP contribution is -2.46. The van der Waals surface area contributed by atoms with Crippen LogP contribution in [0.3, 0.4) is 0 Å². The monoisotopic (exact) mass is 348 g/mol. The molecule has 2 unspecified atom stereocenters. The summed E-state index contributed by atoms with van der Waals surface area (Å²) in [6.07, 6.45) is -1.71. The third-order valence-corrected chi connectivity index (χ3v) is 4.41. The Morgan fingerprint density at radius 3 is 2.74 bits per heavy atom. The van der Waals surface area contributed by atoms with Crippen molar-refractivity contribution in [3.63, 3.8) is 0 Å². The Morgan fingerprint density at radius 2 is 2.09 bits per heavy atom. The lowest BCUT2D eigenvalue weighted by Gasteiger charge is -2.23. The van der Waals surface area contributed by atoms with Crippen LogP contribution in [-0.4, -0.2) is 25.0 Å². The number of carbonyl (C=O) groups is 1. The largest absolute Gasteiger partial charge is 0.416 e. The van der Waals surface area contributed by atoms with E-state index in [4.69, 9.17) is 0 Å². The second-order valence-corrected chi connectivity index (χ2v) is 6.12. The van der Waals surface area contributed by atoms with Crippen molar-refractivity contribution in [2.24, 2.45) is 5.92 Å². The molecule has 1 saturated carbocycles. The Morgan fingerprint density at radius 1 is 1.30 bits per heavy atom. The van der Waals surface area contributed by atoms with Crippen LogP contribution in [0, 0.1) is 5.92 Å². The van der Waals surface area contributed by atoms with E-state index in [-0.39, 0.29) is 36.2 Å². The van der Waals surface area contributed by atoms with Crippen LogP contribution in [0.1, 0.15) is 36.3 Å². The van der Waals surface area contributed by atoms with Crippen LogP contribution in [-0.2, 0) is 11.0 Å². The van der Waals surface area contributed by atoms with Crippen molar-refractivity contribution in [3.8, 4) is 0 Å². The molecular weight excluding hydrogens is 329 g/mol. The standard InChI is InChI=1S/C16H19F3N2O.ClH/c17-16(18,19)11-4-1-3-10(7-11)13-8-14(13)15(22)21-12-5-2-6-20-9-12;/h1,3-4,7,12-14,20H,2,5-6,8-9H2,(H,21,22);1H/t12-,13?,14?;/m0./s1. The summed E-state index contributed by atoms with van der Waals surface area (Å²) in [7, 11) is 0. The fraction of sp³-hybridized carbons (Fsp3) is 0.562. The first kappa shape index (κ1) is 18.1. The molecule has 1 amide bonds. The first-order chi connectivity index (χ1) is 10.4. The predicted octanol–water partition coefficient (Wildman–Crippen LogP) is 3.10. The Bertz CT molecular complexity index is 559. The molecule has 2 fully saturated rings. The van der Waals surface area contributed by atoms with E-state index in [1.165, 1.54) is 12.1 Å². The van der Waals surface area contributed by atoms with Crippen LogP contribution < -0.4 is 10.6 Å². The van der Waals surface area contributed by atoms with Crippen molar-refractivity contribution in [1.82, 2.24) is 10.6 Å². The van der Waals surface area contributed by atoms with Crippen LogP contribution in [0.4, 0.5) is 13.2 Å². The molecule has 23 heavy (non-hydrogen) atoms. The number of halogens is 4. The van der Waals surface area contributed by atoms with Gasteiger partial charge in [0.2, 0.25) is 5.91 Å². The van der Waals surface area contributed by atoms with Crippen LogP contribution >= 0.6 is 12.4 Å². The van der Waals surface area contributed by atoms with E-state index < -0.39 is 11.7 Å². The average Bonchev–Trinajstić information content (AvgIpc) is 3.28. The molecule has 1 saturated heterocycles. The van der Waals surface area contributed by atoms with Crippen molar-refractivity contribution in [3.05, 3.63) is 35.4 Å². The first-order valence-corrected chi connectivity index (χ1v) is 7.63. The van der Waals surface area contributed by atoms with Gasteiger partial charge in [-0.3, -0.25) is 4.79 Å². The summed E-state index contributed by atoms with van der Waals surface area (Å²) in [5.41, 5.74) is -0.0377. The highest BCUT2D eigenvalue weighted by molar-refractivity contribution is 5.85. The van der Waals surface area contributed by atoms with Gasteiger partial charge in [0.1, 0.15) is 0 Å². The summed E-state index contributed by atoms with van der Waals surface area (Å²) in [6, 6.07) is 5.46. The van der Waals surface area contributed by atoms with E-state index in [1.807, 2.05) is 0 Å². The van der Waals surface area contributed by atoms with Gasteiger partial charge in [-0.15, -0.1) is 12.4 Å². The lowest BCUT2D eigenvalue weighted by atomic mass is 10.0. The Balaban J connectivity index is 0.00000192. The number of rotatable bonds is 3. The highest BCUT2D eigenvalue weighted by Gasteiger charge is 2.45. The molecule has 3 nitrogen and oxygen atoms in total. The topological polar surface area (TPSA) is 41.1 Å². The molecule has 3 atom stereocenters. The van der Waals surface area contributed by atoms with Crippen LogP contribution in [0.15, 0.2) is 24.3 Å². The second-order valence-electron chi connectivity index (χ2n) is 6.12. The molecule has 1 aliphatic carbocycles. The minimum Gasteiger partial charge on any atom is -0.352 e. The maximum absolute atomic E-state index is 12.7. The molecule has 1 aromatic carbocycles. The van der Waals surface area contributed by atoms with Crippen LogP contribution in [0.5, 0.6) is 0 Å². The molecule has 128 valence electrons. The molecule has 3 rings (SSSR count). The molecule has 7 heteroatoms. The minimum atomic E-state index is -4.34. The zero-order valence-corrected chi connectivity index (χ0v) is 13.3. The summed E-state index contributed by atoms with van der Waals surface area (Å²) in [4.78, 5) is 12.2. The van der Waals surface area contributed by atoms with E-state index in [1.54, 1.807) is 6.07 Å². The zero-order valence-electron chi connectivity index (χ0n) is 12.5. The summed E-state index contributed by atoms with van der Waals surface area (Å²) >= 11 is 0. The van der Waals surface area contributed by atoms with Gasteiger partial charge in [0, 0.05) is 18.5 Å². The highest BCUT2D eigenvalue weighted by Crippen LogP contribution is 2.48. The number of alkyl halides is 3. The SMILES string of the molecule is Cl.O=C(N[C@H]1CCCNC1)C1CC1c1cccc(C(F)(F)F)c1. The van der Waals surface area contributed by atoms with Gasteiger partial charge in [-0.25, -0.2) is 0 Å². The number of piperidine rings is 1. The number of carbonyl (C=O) groups excluding carboxylic acids is 1. The molecular formula is C16H20ClF3N2O. The lowest BCUT2D eigenvalue weighted by molar-refractivity contribution is -0.137. The Hall–Kier alpha value is -1.27. The number of hydrogen-bond acceptors (Lipinski definition) is 2. The molecule has 1 aromatic rings. The third-order valence-electron chi connectivity index (χ3n) is 4.41. The number of hydrogen-bond donors (Lipinski definition) is 2. The molecule has 0 radical (unpaired) electrons. The van der Waals surface area contributed by atoms with Gasteiger partial charge in [-0.1, -0.05) is 18.2 Å². The molecule has 2 N–H and O–H groups in total. The summed E-state index contributed by atoms with van der Waals surface area (Å²) in [5, 5.41) is 6.23. The van der Waals surface area contributed by atoms with Gasteiger partial charge in [0.25, 0.3) is 0 Å². The summed E-state index contributed by atoms with van der Waals surface area (Å²) in [6.45, 7) is 1.75. The number of amides is 1. The molecule has 1 heterocycles. The minimum absolute atomic E-state index is 0.